The molecule has 0 unspecified atom stereocenters. The van der Waals surface area contributed by atoms with Crippen molar-refractivity contribution in [1.82, 2.24) is 4.90 Å². The number of anilines is 1. The minimum Gasteiger partial charge on any atom is -0.493 e. The third-order valence-corrected chi connectivity index (χ3v) is 8.53. The van der Waals surface area contributed by atoms with Crippen LogP contribution in [0.25, 0.3) is 0 Å². The molecule has 0 bridgehead atoms. The maximum atomic E-state index is 13.3. The second-order valence-electron chi connectivity index (χ2n) is 7.50. The minimum absolute atomic E-state index is 0.309. The zero-order chi connectivity index (χ0) is 21.8. The first-order valence-corrected chi connectivity index (χ1v) is 13.1. The number of thioether (sulfide) groups is 1. The number of benzene rings is 2. The monoisotopic (exact) mass is 478 g/mol. The van der Waals surface area contributed by atoms with Gasteiger partial charge in [-0.3, -0.25) is 4.31 Å². The molecule has 2 aromatic rings. The average molecular weight is 479 g/mol. The number of ether oxygens (including phenoxy) is 2. The van der Waals surface area contributed by atoms with Gasteiger partial charge in [0.1, 0.15) is 10.7 Å². The summed E-state index contributed by atoms with van der Waals surface area (Å²) < 4.78 is 39.4. The molecule has 2 aliphatic rings. The topological polar surface area (TPSA) is 59.1 Å². The maximum absolute atomic E-state index is 13.3. The van der Waals surface area contributed by atoms with Crippen LogP contribution in [-0.2, 0) is 14.8 Å². The van der Waals surface area contributed by atoms with Gasteiger partial charge < -0.3 is 14.4 Å². The first kappa shape index (κ1) is 22.4. The van der Waals surface area contributed by atoms with Crippen molar-refractivity contribution in [3.05, 3.63) is 48.0 Å². The van der Waals surface area contributed by atoms with Gasteiger partial charge in [0.25, 0.3) is 10.0 Å². The van der Waals surface area contributed by atoms with Crippen molar-refractivity contribution in [3.8, 4) is 5.75 Å². The van der Waals surface area contributed by atoms with Crippen molar-refractivity contribution in [2.45, 2.75) is 23.1 Å². The Kier molecular flexibility index (Phi) is 7.05. The Hall–Kier alpha value is -1.81. The fourth-order valence-corrected chi connectivity index (χ4v) is 6.47. The zero-order valence-corrected chi connectivity index (χ0v) is 19.9. The summed E-state index contributed by atoms with van der Waals surface area (Å²) in [5.41, 5.74) is 1.71. The average Bonchev–Trinajstić information content (AvgIpc) is 2.77. The number of thiocarbonyl (C=S) groups is 1. The highest BCUT2D eigenvalue weighted by molar-refractivity contribution is 8.00. The van der Waals surface area contributed by atoms with Crippen LogP contribution in [0.1, 0.15) is 12.0 Å². The first-order chi connectivity index (χ1) is 14.9. The van der Waals surface area contributed by atoms with Crippen LogP contribution < -0.4 is 9.04 Å². The number of hydrogen-bond acceptors (Lipinski definition) is 6. The van der Waals surface area contributed by atoms with E-state index in [0.29, 0.717) is 42.7 Å². The lowest BCUT2D eigenvalue weighted by molar-refractivity contribution is 0.117. The molecule has 2 heterocycles. The molecule has 0 spiro atoms. The summed E-state index contributed by atoms with van der Waals surface area (Å²) in [6.45, 7) is 5.79. The molecule has 0 saturated carbocycles. The van der Waals surface area contributed by atoms with Gasteiger partial charge in [-0.1, -0.05) is 29.9 Å². The Morgan fingerprint density at radius 1 is 1.16 bits per heavy atom. The Morgan fingerprint density at radius 3 is 2.74 bits per heavy atom. The van der Waals surface area contributed by atoms with E-state index in [-0.39, 0.29) is 0 Å². The van der Waals surface area contributed by atoms with E-state index in [1.807, 2.05) is 37.3 Å². The molecular formula is C22H26N2O4S3. The number of hydrogen-bond donors (Lipinski definition) is 0. The van der Waals surface area contributed by atoms with E-state index in [0.717, 1.165) is 40.7 Å². The zero-order valence-electron chi connectivity index (χ0n) is 17.5. The summed E-state index contributed by atoms with van der Waals surface area (Å²) in [5, 5.41) is 0. The molecule has 9 heteroatoms. The Balaban J connectivity index is 1.45. The highest BCUT2D eigenvalue weighted by Gasteiger charge is 2.30. The predicted molar refractivity (Wildman–Crippen MR) is 128 cm³/mol. The second-order valence-corrected chi connectivity index (χ2v) is 11.0. The number of morpholine rings is 1. The Labute approximate surface area is 193 Å². The van der Waals surface area contributed by atoms with E-state index < -0.39 is 10.0 Å². The first-order valence-electron chi connectivity index (χ1n) is 10.3. The summed E-state index contributed by atoms with van der Waals surface area (Å²) in [6.07, 6.45) is 0.831. The predicted octanol–water partition coefficient (Wildman–Crippen LogP) is 3.72. The van der Waals surface area contributed by atoms with E-state index in [9.17, 15) is 8.42 Å². The molecule has 0 amide bonds. The maximum Gasteiger partial charge on any atom is 0.264 e. The van der Waals surface area contributed by atoms with Gasteiger partial charge in [-0.15, -0.1) is 11.8 Å². The molecule has 1 fully saturated rings. The van der Waals surface area contributed by atoms with Crippen molar-refractivity contribution in [1.29, 1.82) is 0 Å². The molecule has 0 aliphatic carbocycles. The number of rotatable bonds is 7. The van der Waals surface area contributed by atoms with Gasteiger partial charge in [0.15, 0.2) is 0 Å². The molecular weight excluding hydrogens is 452 g/mol. The summed E-state index contributed by atoms with van der Waals surface area (Å²) >= 11 is 7.00. The molecule has 0 aromatic heterocycles. The molecule has 2 aromatic carbocycles. The highest BCUT2D eigenvalue weighted by Crippen LogP contribution is 2.40. The Bertz CT molecular complexity index is 1040. The lowest BCUT2D eigenvalue weighted by atomic mass is 10.2. The van der Waals surface area contributed by atoms with Gasteiger partial charge in [0.05, 0.1) is 30.4 Å². The Morgan fingerprint density at radius 2 is 1.97 bits per heavy atom. The van der Waals surface area contributed by atoms with Crippen LogP contribution in [0.5, 0.6) is 5.75 Å². The molecule has 31 heavy (non-hydrogen) atoms. The fraction of sp³-hybridized carbons (Fsp3) is 0.409. The van der Waals surface area contributed by atoms with Crippen LogP contribution in [0.3, 0.4) is 0 Å². The van der Waals surface area contributed by atoms with Crippen LogP contribution in [0.4, 0.5) is 5.69 Å². The summed E-state index contributed by atoms with van der Waals surface area (Å²) in [6, 6.07) is 12.7. The molecule has 0 N–H and O–H groups in total. The summed E-state index contributed by atoms with van der Waals surface area (Å²) in [4.78, 5) is 4.26. The van der Waals surface area contributed by atoms with E-state index in [1.165, 1.54) is 4.31 Å². The van der Waals surface area contributed by atoms with Crippen molar-refractivity contribution >= 4 is 44.7 Å². The fourth-order valence-electron chi connectivity index (χ4n) is 3.58. The van der Waals surface area contributed by atoms with Crippen molar-refractivity contribution in [2.24, 2.45) is 0 Å². The van der Waals surface area contributed by atoms with Crippen molar-refractivity contribution in [3.63, 3.8) is 0 Å². The van der Waals surface area contributed by atoms with Gasteiger partial charge in [-0.25, -0.2) is 8.42 Å². The third kappa shape index (κ3) is 5.16. The molecule has 166 valence electrons. The van der Waals surface area contributed by atoms with Gasteiger partial charge in [0, 0.05) is 36.3 Å². The molecule has 0 radical (unpaired) electrons. The smallest absolute Gasteiger partial charge is 0.264 e. The van der Waals surface area contributed by atoms with Crippen LogP contribution in [-0.4, -0.2) is 63.5 Å². The molecule has 4 rings (SSSR count). The van der Waals surface area contributed by atoms with E-state index in [4.69, 9.17) is 21.7 Å². The quantitative estimate of drug-likeness (QED) is 0.444. The van der Waals surface area contributed by atoms with E-state index >= 15 is 0 Å². The number of sulfonamides is 1. The SMILES string of the molecule is Cc1ccc(S(=O)(=O)N2CCSc3ccc(OCCCN4CCOCC4=S)cc32)cc1. The van der Waals surface area contributed by atoms with Crippen LogP contribution in [0.15, 0.2) is 52.3 Å². The number of aryl methyl sites for hydroxylation is 1. The van der Waals surface area contributed by atoms with Gasteiger partial charge in [-0.05, 0) is 37.6 Å². The summed E-state index contributed by atoms with van der Waals surface area (Å²) in [7, 11) is -3.62. The van der Waals surface area contributed by atoms with Crippen molar-refractivity contribution in [2.75, 3.05) is 49.5 Å². The second kappa shape index (κ2) is 9.77. The van der Waals surface area contributed by atoms with E-state index in [2.05, 4.69) is 4.90 Å². The van der Waals surface area contributed by atoms with Crippen LogP contribution in [0, 0.1) is 6.92 Å². The molecule has 0 atom stereocenters. The third-order valence-electron chi connectivity index (χ3n) is 5.28. The minimum atomic E-state index is -3.62. The number of nitrogens with zero attached hydrogens (tertiary/aromatic N) is 2. The molecule has 1 saturated heterocycles. The molecule has 6 nitrogen and oxygen atoms in total. The molecule has 2 aliphatic heterocycles. The van der Waals surface area contributed by atoms with Gasteiger partial charge in [0.2, 0.25) is 0 Å². The van der Waals surface area contributed by atoms with Gasteiger partial charge in [-0.2, -0.15) is 0 Å². The standard InChI is InChI=1S/C22H26N2O4S3/c1-17-3-6-19(7-4-17)31(25,26)24-11-14-30-21-8-5-18(15-20(21)24)28-12-2-9-23-10-13-27-16-22(23)29/h3-8,15H,2,9-14,16H2,1H3. The summed E-state index contributed by atoms with van der Waals surface area (Å²) in [5.74, 6) is 1.40. The number of fused-ring (bicyclic) bond motifs is 1. The van der Waals surface area contributed by atoms with Gasteiger partial charge >= 0.3 is 0 Å². The van der Waals surface area contributed by atoms with Crippen LogP contribution in [0.2, 0.25) is 0 Å². The largest absolute Gasteiger partial charge is 0.493 e. The highest BCUT2D eigenvalue weighted by atomic mass is 32.2. The van der Waals surface area contributed by atoms with E-state index in [1.54, 1.807) is 23.9 Å². The lowest BCUT2D eigenvalue weighted by Crippen LogP contribution is -2.41. The normalized spacial score (nSPS) is 16.9. The van der Waals surface area contributed by atoms with Crippen LogP contribution >= 0.6 is 24.0 Å². The van der Waals surface area contributed by atoms with Crippen molar-refractivity contribution < 1.29 is 17.9 Å². The lowest BCUT2D eigenvalue weighted by Gasteiger charge is -2.30.